The first-order valence-corrected chi connectivity index (χ1v) is 14.1. The average molecular weight is 556 g/mol. The molecule has 1 aliphatic heterocycles. The maximum absolute atomic E-state index is 13.6. The number of carbonyl (C=O) groups excluding carboxylic acids is 3. The predicted molar refractivity (Wildman–Crippen MR) is 148 cm³/mol. The summed E-state index contributed by atoms with van der Waals surface area (Å²) in [5.74, 6) is -1.41. The fraction of sp³-hybridized carbons (Fsp3) is 0.296. The molecule has 4 rings (SSSR count). The minimum atomic E-state index is -3.98. The van der Waals surface area contributed by atoms with Crippen LogP contribution in [0.3, 0.4) is 0 Å². The zero-order valence-electron chi connectivity index (χ0n) is 21.0. The molecule has 1 aliphatic rings. The van der Waals surface area contributed by atoms with Gasteiger partial charge in [-0.05, 0) is 60.5 Å². The first-order chi connectivity index (χ1) is 18.1. The van der Waals surface area contributed by atoms with Crippen LogP contribution in [0.5, 0.6) is 0 Å². The maximum atomic E-state index is 13.6. The van der Waals surface area contributed by atoms with Crippen LogP contribution in [0.1, 0.15) is 23.7 Å². The van der Waals surface area contributed by atoms with Gasteiger partial charge in [0.15, 0.2) is 0 Å². The van der Waals surface area contributed by atoms with Gasteiger partial charge in [-0.15, -0.1) is 0 Å². The molecule has 1 N–H and O–H groups in total. The van der Waals surface area contributed by atoms with Crippen molar-refractivity contribution in [3.8, 4) is 0 Å². The molecule has 1 fully saturated rings. The highest BCUT2D eigenvalue weighted by atomic mass is 32.2. The Morgan fingerprint density at radius 1 is 1.05 bits per heavy atom. The maximum Gasteiger partial charge on any atom is 0.338 e. The molecule has 0 aromatic heterocycles. The number of benzene rings is 3. The van der Waals surface area contributed by atoms with Crippen LogP contribution in [0.15, 0.2) is 71.6 Å². The molecule has 2 atom stereocenters. The lowest BCUT2D eigenvalue weighted by molar-refractivity contribution is -0.136. The molecule has 9 nitrogen and oxygen atoms in total. The van der Waals surface area contributed by atoms with Gasteiger partial charge in [-0.25, -0.2) is 13.2 Å². The fourth-order valence-electron chi connectivity index (χ4n) is 4.39. The van der Waals surface area contributed by atoms with Gasteiger partial charge in [0, 0.05) is 24.5 Å². The summed E-state index contributed by atoms with van der Waals surface area (Å²) in [4.78, 5) is 39.0. The Hall–Kier alpha value is -3.41. The smallest absolute Gasteiger partial charge is 0.338 e. The summed E-state index contributed by atoms with van der Waals surface area (Å²) < 4.78 is 33.2. The number of nitrogens with zero attached hydrogens (tertiary/aromatic N) is 2. The van der Waals surface area contributed by atoms with Crippen molar-refractivity contribution in [2.45, 2.75) is 29.5 Å². The van der Waals surface area contributed by atoms with E-state index >= 15 is 0 Å². The number of hydrogen-bond acceptors (Lipinski definition) is 7. The van der Waals surface area contributed by atoms with Gasteiger partial charge in [0.1, 0.15) is 6.04 Å². The van der Waals surface area contributed by atoms with Gasteiger partial charge >= 0.3 is 5.97 Å². The highest BCUT2D eigenvalue weighted by Gasteiger charge is 2.44. The summed E-state index contributed by atoms with van der Waals surface area (Å²) in [6.45, 7) is 1.77. The molecule has 3 aromatic rings. The average Bonchev–Trinajstić information content (AvgIpc) is 3.30. The van der Waals surface area contributed by atoms with E-state index in [2.05, 4.69) is 17.9 Å². The number of rotatable bonds is 8. The first kappa shape index (κ1) is 27.6. The van der Waals surface area contributed by atoms with Gasteiger partial charge in [-0.3, -0.25) is 9.59 Å². The number of fused-ring (bicyclic) bond motifs is 1. The molecule has 1 saturated heterocycles. The Bertz CT molecular complexity index is 1460. The van der Waals surface area contributed by atoms with E-state index in [0.29, 0.717) is 11.3 Å². The molecular formula is C27H29N3O6S2. The van der Waals surface area contributed by atoms with Crippen molar-refractivity contribution in [1.82, 2.24) is 9.21 Å². The SMILES string of the molecule is CCOC(=O)c1ccc(NC(=O)CN(C)C(=O)C2CC(S)CN2S(=O)(=O)c2ccc3ccccc3c2)cc1. The second-order valence-electron chi connectivity index (χ2n) is 9.03. The molecule has 0 aliphatic carbocycles. The third kappa shape index (κ3) is 6.01. The quantitative estimate of drug-likeness (QED) is 0.326. The van der Waals surface area contributed by atoms with Crippen molar-refractivity contribution in [2.75, 3.05) is 32.1 Å². The lowest BCUT2D eigenvalue weighted by Gasteiger charge is -2.27. The van der Waals surface area contributed by atoms with Crippen LogP contribution in [0, 0.1) is 0 Å². The van der Waals surface area contributed by atoms with Gasteiger partial charge in [0.2, 0.25) is 21.8 Å². The van der Waals surface area contributed by atoms with Crippen LogP contribution < -0.4 is 5.32 Å². The van der Waals surface area contributed by atoms with E-state index in [1.807, 2.05) is 24.3 Å². The molecule has 0 radical (unpaired) electrons. The Balaban J connectivity index is 1.44. The highest BCUT2D eigenvalue weighted by molar-refractivity contribution is 7.89. The van der Waals surface area contributed by atoms with Crippen LogP contribution in [0.25, 0.3) is 10.8 Å². The molecule has 0 bridgehead atoms. The predicted octanol–water partition coefficient (Wildman–Crippen LogP) is 3.18. The largest absolute Gasteiger partial charge is 0.462 e. The topological polar surface area (TPSA) is 113 Å². The zero-order valence-corrected chi connectivity index (χ0v) is 22.7. The minimum absolute atomic E-state index is 0.0848. The number of anilines is 1. The summed E-state index contributed by atoms with van der Waals surface area (Å²) in [5, 5.41) is 4.05. The summed E-state index contributed by atoms with van der Waals surface area (Å²) in [6, 6.07) is 17.5. The molecule has 200 valence electrons. The van der Waals surface area contributed by atoms with E-state index in [-0.39, 0.29) is 36.3 Å². The van der Waals surface area contributed by atoms with E-state index in [4.69, 9.17) is 4.74 Å². The molecule has 2 amide bonds. The van der Waals surface area contributed by atoms with Crippen LogP contribution in [-0.2, 0) is 24.3 Å². The summed E-state index contributed by atoms with van der Waals surface area (Å²) in [7, 11) is -2.53. The number of ether oxygens (including phenoxy) is 1. The van der Waals surface area contributed by atoms with Gasteiger partial charge < -0.3 is 15.0 Å². The van der Waals surface area contributed by atoms with Crippen molar-refractivity contribution < 1.29 is 27.5 Å². The zero-order chi connectivity index (χ0) is 27.4. The van der Waals surface area contributed by atoms with Gasteiger partial charge in [-0.1, -0.05) is 30.3 Å². The lowest BCUT2D eigenvalue weighted by atomic mass is 10.1. The van der Waals surface area contributed by atoms with Crippen LogP contribution in [0.4, 0.5) is 5.69 Å². The number of sulfonamides is 1. The van der Waals surface area contributed by atoms with Crippen molar-refractivity contribution in [3.05, 3.63) is 72.3 Å². The Morgan fingerprint density at radius 3 is 2.42 bits per heavy atom. The molecule has 2 unspecified atom stereocenters. The second-order valence-corrected chi connectivity index (χ2v) is 11.7. The normalized spacial score (nSPS) is 17.8. The summed E-state index contributed by atoms with van der Waals surface area (Å²) >= 11 is 4.46. The Kier molecular flexibility index (Phi) is 8.39. The van der Waals surface area contributed by atoms with E-state index < -0.39 is 33.8 Å². The highest BCUT2D eigenvalue weighted by Crippen LogP contribution is 2.31. The Morgan fingerprint density at radius 2 is 1.74 bits per heavy atom. The van der Waals surface area contributed by atoms with E-state index in [9.17, 15) is 22.8 Å². The number of amides is 2. The van der Waals surface area contributed by atoms with Crippen LogP contribution >= 0.6 is 12.6 Å². The monoisotopic (exact) mass is 555 g/mol. The van der Waals surface area contributed by atoms with Gasteiger partial charge in [0.25, 0.3) is 0 Å². The minimum Gasteiger partial charge on any atom is -0.462 e. The molecular weight excluding hydrogens is 526 g/mol. The second kappa shape index (κ2) is 11.5. The lowest BCUT2D eigenvalue weighted by Crippen LogP contribution is -2.48. The molecule has 0 saturated carbocycles. The Labute approximate surface area is 227 Å². The van der Waals surface area contributed by atoms with E-state index in [1.165, 1.54) is 34.5 Å². The van der Waals surface area contributed by atoms with E-state index in [0.717, 1.165) is 10.8 Å². The number of hydrogen-bond donors (Lipinski definition) is 2. The molecule has 1 heterocycles. The number of likely N-dealkylation sites (N-methyl/N-ethyl adjacent to an activating group) is 1. The third-order valence-electron chi connectivity index (χ3n) is 6.28. The van der Waals surface area contributed by atoms with Crippen molar-refractivity contribution in [1.29, 1.82) is 0 Å². The molecule has 38 heavy (non-hydrogen) atoms. The van der Waals surface area contributed by atoms with Crippen LogP contribution in [-0.4, -0.2) is 73.4 Å². The summed E-state index contributed by atoms with van der Waals surface area (Å²) in [5.41, 5.74) is 0.799. The van der Waals surface area contributed by atoms with Crippen LogP contribution in [0.2, 0.25) is 0 Å². The third-order valence-corrected chi connectivity index (χ3v) is 8.53. The van der Waals surface area contributed by atoms with Crippen molar-refractivity contribution in [3.63, 3.8) is 0 Å². The molecule has 0 spiro atoms. The first-order valence-electron chi connectivity index (χ1n) is 12.1. The summed E-state index contributed by atoms with van der Waals surface area (Å²) in [6.07, 6.45) is 0.232. The fourth-order valence-corrected chi connectivity index (χ4v) is 6.55. The number of thiol groups is 1. The number of nitrogens with one attached hydrogen (secondary N) is 1. The van der Waals surface area contributed by atoms with Crippen molar-refractivity contribution in [2.24, 2.45) is 0 Å². The molecule has 3 aromatic carbocycles. The van der Waals surface area contributed by atoms with Crippen molar-refractivity contribution >= 4 is 56.9 Å². The number of esters is 1. The molecule has 11 heteroatoms. The standard InChI is InChI=1S/C27H29N3O6S2/c1-3-36-27(33)19-8-11-21(12-9-19)28-25(31)17-29(2)26(32)24-15-22(37)16-30(24)38(34,35)23-13-10-18-6-4-5-7-20(18)14-23/h4-14,22,24,37H,3,15-17H2,1-2H3,(H,28,31). The van der Waals surface area contributed by atoms with Gasteiger partial charge in [-0.2, -0.15) is 16.9 Å². The number of carbonyl (C=O) groups is 3. The van der Waals surface area contributed by atoms with E-state index in [1.54, 1.807) is 31.2 Å². The van der Waals surface area contributed by atoms with Gasteiger partial charge in [0.05, 0.1) is 23.6 Å².